The maximum absolute atomic E-state index is 12.9. The van der Waals surface area contributed by atoms with Gasteiger partial charge in [0, 0.05) is 18.9 Å². The van der Waals surface area contributed by atoms with Gasteiger partial charge in [0.2, 0.25) is 0 Å². The van der Waals surface area contributed by atoms with Crippen LogP contribution in [0.3, 0.4) is 0 Å². The number of amides is 1. The Morgan fingerprint density at radius 3 is 2.62 bits per heavy atom. The maximum atomic E-state index is 12.9. The van der Waals surface area contributed by atoms with Crippen molar-refractivity contribution >= 4 is 5.91 Å². The zero-order valence-corrected chi connectivity index (χ0v) is 12.4. The Morgan fingerprint density at radius 1 is 1.25 bits per heavy atom. The predicted molar refractivity (Wildman–Crippen MR) is 77.9 cm³/mol. The van der Waals surface area contributed by atoms with Crippen LogP contribution in [0.2, 0.25) is 0 Å². The number of carbonyl (C=O) groups is 1. The van der Waals surface area contributed by atoms with Gasteiger partial charge in [-0.15, -0.1) is 0 Å². The number of rotatable bonds is 2. The minimum Gasteiger partial charge on any atom is -0.391 e. The summed E-state index contributed by atoms with van der Waals surface area (Å²) in [6, 6.07) is 4.20. The van der Waals surface area contributed by atoms with Gasteiger partial charge in [-0.25, -0.2) is 9.97 Å². The van der Waals surface area contributed by atoms with Crippen LogP contribution in [0.5, 0.6) is 0 Å². The topological polar surface area (TPSA) is 66.3 Å². The number of aliphatic hydroxyl groups excluding tert-OH is 1. The molecule has 0 saturated carbocycles. The van der Waals surface area contributed by atoms with Crippen LogP contribution in [0.1, 0.15) is 33.9 Å². The van der Waals surface area contributed by atoms with Crippen molar-refractivity contribution in [2.45, 2.75) is 24.7 Å². The number of nitrogens with zero attached hydrogens (tertiary/aromatic N) is 3. The summed E-state index contributed by atoms with van der Waals surface area (Å²) < 4.78 is 38.7. The molecule has 1 aromatic carbocycles. The molecule has 2 atom stereocenters. The van der Waals surface area contributed by atoms with Crippen molar-refractivity contribution in [1.29, 1.82) is 0 Å². The first-order valence-corrected chi connectivity index (χ1v) is 7.27. The quantitative estimate of drug-likeness (QED) is 0.914. The first-order valence-electron chi connectivity index (χ1n) is 7.27. The first kappa shape index (κ1) is 16.4. The summed E-state index contributed by atoms with van der Waals surface area (Å²) in [6.45, 7) is 0.0502. The summed E-state index contributed by atoms with van der Waals surface area (Å²) in [5.74, 6) is -0.422. The molecule has 1 N–H and O–H groups in total. The smallest absolute Gasteiger partial charge is 0.391 e. The van der Waals surface area contributed by atoms with E-state index >= 15 is 0 Å². The van der Waals surface area contributed by atoms with Crippen molar-refractivity contribution in [3.8, 4) is 0 Å². The van der Waals surface area contributed by atoms with E-state index in [-0.39, 0.29) is 18.5 Å². The molecule has 1 aromatic heterocycles. The average Bonchev–Trinajstić information content (AvgIpc) is 2.96. The van der Waals surface area contributed by atoms with E-state index in [0.29, 0.717) is 5.56 Å². The van der Waals surface area contributed by atoms with Gasteiger partial charge in [-0.05, 0) is 24.1 Å². The molecule has 0 spiro atoms. The summed E-state index contributed by atoms with van der Waals surface area (Å²) in [5.41, 5.74) is -0.216. The fourth-order valence-corrected chi connectivity index (χ4v) is 2.85. The third-order valence-electron chi connectivity index (χ3n) is 3.95. The second-order valence-electron chi connectivity index (χ2n) is 5.61. The number of aromatic nitrogens is 2. The van der Waals surface area contributed by atoms with Crippen molar-refractivity contribution < 1.29 is 23.1 Å². The Kier molecular flexibility index (Phi) is 4.23. The second-order valence-corrected chi connectivity index (χ2v) is 5.61. The van der Waals surface area contributed by atoms with Gasteiger partial charge in [-0.2, -0.15) is 13.2 Å². The molecule has 0 radical (unpaired) electrons. The number of carbonyl (C=O) groups excluding carboxylic acids is 1. The molecule has 3 rings (SSSR count). The molecule has 1 saturated heterocycles. The number of hydrogen-bond acceptors (Lipinski definition) is 4. The molecule has 0 bridgehead atoms. The van der Waals surface area contributed by atoms with Gasteiger partial charge >= 0.3 is 6.18 Å². The molecule has 2 aromatic rings. The standard InChI is InChI=1S/C16H14F3N3O2/c17-16(18,19)12-3-1-2-10(4-12)14-5-13(23)8-22(14)15(24)11-6-20-9-21-7-11/h1-4,6-7,9,13-14,23H,5,8H2/t13-,14+/m0/s1. The fourth-order valence-electron chi connectivity index (χ4n) is 2.85. The van der Waals surface area contributed by atoms with Crippen molar-refractivity contribution in [2.75, 3.05) is 6.54 Å². The number of β-amino-alcohol motifs (C(OH)–C–C–N with tert-alkyl or cyclic N) is 1. The molecular formula is C16H14F3N3O2. The van der Waals surface area contributed by atoms with E-state index in [9.17, 15) is 23.1 Å². The number of benzene rings is 1. The lowest BCUT2D eigenvalue weighted by molar-refractivity contribution is -0.137. The molecule has 126 valence electrons. The molecular weight excluding hydrogens is 323 g/mol. The molecule has 0 aliphatic carbocycles. The van der Waals surface area contributed by atoms with Crippen LogP contribution < -0.4 is 0 Å². The molecule has 1 amide bonds. The highest BCUT2D eigenvalue weighted by atomic mass is 19.4. The summed E-state index contributed by atoms with van der Waals surface area (Å²) in [5, 5.41) is 9.91. The molecule has 1 aliphatic heterocycles. The van der Waals surface area contributed by atoms with E-state index in [4.69, 9.17) is 0 Å². The third-order valence-corrected chi connectivity index (χ3v) is 3.95. The van der Waals surface area contributed by atoms with Gasteiger partial charge in [0.25, 0.3) is 5.91 Å². The van der Waals surface area contributed by atoms with Crippen LogP contribution in [0.25, 0.3) is 0 Å². The number of hydrogen-bond donors (Lipinski definition) is 1. The minimum absolute atomic E-state index is 0.0502. The van der Waals surface area contributed by atoms with Crippen LogP contribution in [-0.2, 0) is 6.18 Å². The van der Waals surface area contributed by atoms with Crippen molar-refractivity contribution in [3.05, 3.63) is 59.7 Å². The lowest BCUT2D eigenvalue weighted by atomic mass is 10.0. The Morgan fingerprint density at radius 2 is 1.96 bits per heavy atom. The molecule has 24 heavy (non-hydrogen) atoms. The molecule has 2 heterocycles. The first-order chi connectivity index (χ1) is 11.4. The maximum Gasteiger partial charge on any atom is 0.416 e. The van der Waals surface area contributed by atoms with Crippen LogP contribution in [0.4, 0.5) is 13.2 Å². The largest absolute Gasteiger partial charge is 0.416 e. The van der Waals surface area contributed by atoms with E-state index in [1.807, 2.05) is 0 Å². The fraction of sp³-hybridized carbons (Fsp3) is 0.312. The van der Waals surface area contributed by atoms with Gasteiger partial charge in [0.05, 0.1) is 23.3 Å². The molecule has 5 nitrogen and oxygen atoms in total. The zero-order chi connectivity index (χ0) is 17.3. The van der Waals surface area contributed by atoms with Crippen LogP contribution in [0.15, 0.2) is 43.0 Å². The van der Waals surface area contributed by atoms with Gasteiger partial charge in [-0.1, -0.05) is 12.1 Å². The van der Waals surface area contributed by atoms with E-state index in [1.54, 1.807) is 0 Å². The highest BCUT2D eigenvalue weighted by Crippen LogP contribution is 2.36. The van der Waals surface area contributed by atoms with Crippen LogP contribution in [-0.4, -0.2) is 38.5 Å². The highest BCUT2D eigenvalue weighted by Gasteiger charge is 2.37. The van der Waals surface area contributed by atoms with Crippen LogP contribution >= 0.6 is 0 Å². The van der Waals surface area contributed by atoms with E-state index in [0.717, 1.165) is 12.1 Å². The molecule has 8 heteroatoms. The normalized spacial score (nSPS) is 21.1. The molecule has 1 aliphatic rings. The zero-order valence-electron chi connectivity index (χ0n) is 12.4. The highest BCUT2D eigenvalue weighted by molar-refractivity contribution is 5.94. The lowest BCUT2D eigenvalue weighted by Crippen LogP contribution is -2.32. The van der Waals surface area contributed by atoms with E-state index < -0.39 is 29.8 Å². The lowest BCUT2D eigenvalue weighted by Gasteiger charge is -2.25. The molecule has 1 fully saturated rings. The molecule has 0 unspecified atom stereocenters. The van der Waals surface area contributed by atoms with Gasteiger partial charge in [-0.3, -0.25) is 4.79 Å². The monoisotopic (exact) mass is 337 g/mol. The predicted octanol–water partition coefficient (Wildman–Crippen LogP) is 2.44. The second kappa shape index (κ2) is 6.20. The summed E-state index contributed by atoms with van der Waals surface area (Å²) >= 11 is 0. The number of likely N-dealkylation sites (tertiary alicyclic amines) is 1. The number of halogens is 3. The van der Waals surface area contributed by atoms with Crippen molar-refractivity contribution in [3.63, 3.8) is 0 Å². The third kappa shape index (κ3) is 3.23. The minimum atomic E-state index is -4.46. The van der Waals surface area contributed by atoms with Crippen molar-refractivity contribution in [1.82, 2.24) is 14.9 Å². The Hall–Kier alpha value is -2.48. The SMILES string of the molecule is O=C(c1cncnc1)N1C[C@@H](O)C[C@@H]1c1cccc(C(F)(F)F)c1. The van der Waals surface area contributed by atoms with Gasteiger partial charge in [0.1, 0.15) is 6.33 Å². The van der Waals surface area contributed by atoms with Crippen molar-refractivity contribution in [2.24, 2.45) is 0 Å². The Labute approximate surface area is 135 Å². The number of alkyl halides is 3. The average molecular weight is 337 g/mol. The summed E-state index contributed by atoms with van der Waals surface area (Å²) in [6.07, 6.45) is -1.12. The van der Waals surface area contributed by atoms with E-state index in [1.165, 1.54) is 35.8 Å². The Balaban J connectivity index is 1.93. The van der Waals surface area contributed by atoms with E-state index in [2.05, 4.69) is 9.97 Å². The summed E-state index contributed by atoms with van der Waals surface area (Å²) in [7, 11) is 0. The van der Waals surface area contributed by atoms with Crippen LogP contribution in [0, 0.1) is 0 Å². The van der Waals surface area contributed by atoms with Gasteiger partial charge < -0.3 is 10.0 Å². The summed E-state index contributed by atoms with van der Waals surface area (Å²) in [4.78, 5) is 21.5. The van der Waals surface area contributed by atoms with Gasteiger partial charge in [0.15, 0.2) is 0 Å². The number of aliphatic hydroxyl groups is 1. The Bertz CT molecular complexity index is 737.